The van der Waals surface area contributed by atoms with Crippen LogP contribution in [0.2, 0.25) is 0 Å². The Bertz CT molecular complexity index is 1190. The van der Waals surface area contributed by atoms with Crippen LogP contribution in [-0.2, 0) is 27.9 Å². The summed E-state index contributed by atoms with van der Waals surface area (Å²) >= 11 is 0. The molecule has 1 fully saturated rings. The molecule has 1 aliphatic heterocycles. The van der Waals surface area contributed by atoms with Crippen molar-refractivity contribution in [2.75, 3.05) is 12.3 Å². The van der Waals surface area contributed by atoms with Gasteiger partial charge in [0.25, 0.3) is 0 Å². The second-order valence-electron chi connectivity index (χ2n) is 8.71. The Morgan fingerprint density at radius 1 is 1.09 bits per heavy atom. The van der Waals surface area contributed by atoms with Gasteiger partial charge < -0.3 is 5.32 Å². The zero-order valence-electron chi connectivity index (χ0n) is 19.6. The van der Waals surface area contributed by atoms with E-state index in [1.54, 1.807) is 6.20 Å². The van der Waals surface area contributed by atoms with Crippen LogP contribution >= 0.6 is 0 Å². The summed E-state index contributed by atoms with van der Waals surface area (Å²) in [4.78, 5) is 13.1. The van der Waals surface area contributed by atoms with E-state index in [-0.39, 0.29) is 11.7 Å². The van der Waals surface area contributed by atoms with E-state index in [0.717, 1.165) is 35.1 Å². The summed E-state index contributed by atoms with van der Waals surface area (Å²) in [6.07, 6.45) is 6.47. The Morgan fingerprint density at radius 3 is 2.62 bits per heavy atom. The van der Waals surface area contributed by atoms with E-state index in [1.165, 1.54) is 4.31 Å². The number of nitrogens with one attached hydrogen (secondary N) is 1. The fourth-order valence-corrected chi connectivity index (χ4v) is 6.25. The lowest BCUT2D eigenvalue weighted by molar-refractivity contribution is -0.125. The highest BCUT2D eigenvalue weighted by Gasteiger charge is 2.36. The molecule has 180 valence electrons. The third-order valence-electron chi connectivity index (χ3n) is 6.21. The van der Waals surface area contributed by atoms with E-state index in [0.29, 0.717) is 32.5 Å². The van der Waals surface area contributed by atoms with Gasteiger partial charge in [-0.25, -0.2) is 8.42 Å². The molecule has 1 atom stereocenters. The van der Waals surface area contributed by atoms with Crippen LogP contribution in [0.4, 0.5) is 0 Å². The minimum absolute atomic E-state index is 0.0794. The minimum atomic E-state index is -3.42. The van der Waals surface area contributed by atoms with Crippen molar-refractivity contribution < 1.29 is 13.2 Å². The number of sulfonamides is 1. The number of carbonyl (C=O) groups is 1. The van der Waals surface area contributed by atoms with Crippen molar-refractivity contribution in [3.63, 3.8) is 0 Å². The lowest BCUT2D eigenvalue weighted by Crippen LogP contribution is -2.52. The average molecular weight is 481 g/mol. The smallest absolute Gasteiger partial charge is 0.238 e. The lowest BCUT2D eigenvalue weighted by Gasteiger charge is -2.33. The van der Waals surface area contributed by atoms with Crippen molar-refractivity contribution in [2.24, 2.45) is 0 Å². The van der Waals surface area contributed by atoms with Gasteiger partial charge in [-0.3, -0.25) is 9.48 Å². The van der Waals surface area contributed by atoms with Crippen LogP contribution in [0.3, 0.4) is 0 Å². The average Bonchev–Trinajstić information content (AvgIpc) is 3.36. The van der Waals surface area contributed by atoms with Gasteiger partial charge in [0.05, 0.1) is 12.3 Å². The highest BCUT2D eigenvalue weighted by atomic mass is 32.2. The van der Waals surface area contributed by atoms with E-state index >= 15 is 0 Å². The summed E-state index contributed by atoms with van der Waals surface area (Å²) in [5.74, 6) is -0.139. The van der Waals surface area contributed by atoms with Crippen LogP contribution in [0, 0.1) is 0 Å². The zero-order chi connectivity index (χ0) is 24.0. The quantitative estimate of drug-likeness (QED) is 0.505. The Kier molecular flexibility index (Phi) is 7.80. The fourth-order valence-electron chi connectivity index (χ4n) is 4.50. The van der Waals surface area contributed by atoms with Crippen molar-refractivity contribution in [1.82, 2.24) is 19.4 Å². The maximum absolute atomic E-state index is 13.1. The molecule has 1 N–H and O–H groups in total. The highest BCUT2D eigenvalue weighted by molar-refractivity contribution is 7.89. The third kappa shape index (κ3) is 5.74. The maximum atomic E-state index is 13.1. The SMILES string of the molecule is CCCS(=O)(=O)N1CCCCC1C(=O)NCc1ccccc1-c1ccc(Cn2cccn2)cc1. The topological polar surface area (TPSA) is 84.3 Å². The van der Waals surface area contributed by atoms with Crippen LogP contribution in [0.25, 0.3) is 11.1 Å². The van der Waals surface area contributed by atoms with Crippen LogP contribution in [0.5, 0.6) is 0 Å². The molecule has 1 aromatic heterocycles. The van der Waals surface area contributed by atoms with Crippen LogP contribution in [-0.4, -0.2) is 46.8 Å². The van der Waals surface area contributed by atoms with Gasteiger partial charge >= 0.3 is 0 Å². The fraction of sp³-hybridized carbons (Fsp3) is 0.385. The number of benzene rings is 2. The number of carbonyl (C=O) groups excluding carboxylic acids is 1. The molecule has 4 rings (SSSR count). The van der Waals surface area contributed by atoms with Gasteiger partial charge in [-0.2, -0.15) is 9.40 Å². The van der Waals surface area contributed by atoms with Crippen molar-refractivity contribution in [1.29, 1.82) is 0 Å². The van der Waals surface area contributed by atoms with Gasteiger partial charge in [-0.05, 0) is 47.6 Å². The Hall–Kier alpha value is -2.97. The molecule has 0 aliphatic carbocycles. The second-order valence-corrected chi connectivity index (χ2v) is 10.8. The summed E-state index contributed by atoms with van der Waals surface area (Å²) in [6.45, 7) is 3.32. The van der Waals surface area contributed by atoms with E-state index in [4.69, 9.17) is 0 Å². The van der Waals surface area contributed by atoms with Gasteiger partial charge in [0.1, 0.15) is 6.04 Å². The number of aromatic nitrogens is 2. The van der Waals surface area contributed by atoms with Crippen molar-refractivity contribution in [3.8, 4) is 11.1 Å². The normalized spacial score (nSPS) is 16.9. The molecule has 3 aromatic rings. The Balaban J connectivity index is 1.45. The molecule has 0 radical (unpaired) electrons. The molecule has 8 heteroatoms. The van der Waals surface area contributed by atoms with E-state index in [2.05, 4.69) is 34.7 Å². The van der Waals surface area contributed by atoms with Gasteiger partial charge in [-0.15, -0.1) is 0 Å². The molecule has 0 saturated carbocycles. The number of piperidine rings is 1. The molecule has 0 bridgehead atoms. The summed E-state index contributed by atoms with van der Waals surface area (Å²) in [7, 11) is -3.42. The summed E-state index contributed by atoms with van der Waals surface area (Å²) in [5.41, 5.74) is 4.27. The number of hydrogen-bond acceptors (Lipinski definition) is 4. The number of amides is 1. The minimum Gasteiger partial charge on any atom is -0.351 e. The lowest BCUT2D eigenvalue weighted by atomic mass is 9.98. The molecule has 34 heavy (non-hydrogen) atoms. The van der Waals surface area contributed by atoms with Gasteiger partial charge in [-0.1, -0.05) is 61.9 Å². The van der Waals surface area contributed by atoms with Gasteiger partial charge in [0.2, 0.25) is 15.9 Å². The number of nitrogens with zero attached hydrogens (tertiary/aromatic N) is 3. The van der Waals surface area contributed by atoms with Crippen molar-refractivity contribution in [3.05, 3.63) is 78.1 Å². The van der Waals surface area contributed by atoms with Crippen LogP contribution in [0.1, 0.15) is 43.7 Å². The molecular formula is C26H32N4O3S. The predicted molar refractivity (Wildman–Crippen MR) is 133 cm³/mol. The molecule has 1 amide bonds. The maximum Gasteiger partial charge on any atom is 0.238 e. The second kappa shape index (κ2) is 11.0. The molecule has 2 heterocycles. The predicted octanol–water partition coefficient (Wildman–Crippen LogP) is 3.81. The molecule has 0 spiro atoms. The first-order valence-corrected chi connectivity index (χ1v) is 13.5. The molecule has 1 unspecified atom stereocenters. The number of rotatable bonds is 9. The van der Waals surface area contributed by atoms with E-state index in [1.807, 2.05) is 48.1 Å². The molecular weight excluding hydrogens is 448 g/mol. The largest absolute Gasteiger partial charge is 0.351 e. The summed E-state index contributed by atoms with van der Waals surface area (Å²) in [6, 6.07) is 17.6. The molecule has 1 aliphatic rings. The Labute approximate surface area is 201 Å². The van der Waals surface area contributed by atoms with Crippen LogP contribution < -0.4 is 5.32 Å². The van der Waals surface area contributed by atoms with Gasteiger partial charge in [0, 0.05) is 25.5 Å². The molecule has 2 aromatic carbocycles. The monoisotopic (exact) mass is 480 g/mol. The zero-order valence-corrected chi connectivity index (χ0v) is 20.4. The summed E-state index contributed by atoms with van der Waals surface area (Å²) < 4.78 is 28.7. The first kappa shape index (κ1) is 24.2. The molecule has 1 saturated heterocycles. The number of hydrogen-bond donors (Lipinski definition) is 1. The van der Waals surface area contributed by atoms with Crippen LogP contribution in [0.15, 0.2) is 67.0 Å². The first-order chi connectivity index (χ1) is 16.5. The van der Waals surface area contributed by atoms with E-state index < -0.39 is 16.1 Å². The molecule has 7 nitrogen and oxygen atoms in total. The highest BCUT2D eigenvalue weighted by Crippen LogP contribution is 2.25. The van der Waals surface area contributed by atoms with Gasteiger partial charge in [0.15, 0.2) is 0 Å². The van der Waals surface area contributed by atoms with E-state index in [9.17, 15) is 13.2 Å². The van der Waals surface area contributed by atoms with Crippen molar-refractivity contribution in [2.45, 2.75) is 51.7 Å². The van der Waals surface area contributed by atoms with Crippen molar-refractivity contribution >= 4 is 15.9 Å². The Morgan fingerprint density at radius 2 is 1.88 bits per heavy atom. The summed E-state index contributed by atoms with van der Waals surface area (Å²) in [5, 5.41) is 7.26. The third-order valence-corrected chi connectivity index (χ3v) is 8.29. The first-order valence-electron chi connectivity index (χ1n) is 11.9. The standard InChI is InChI=1S/C26H32N4O3S/c1-2-18-34(32,33)30-17-6-5-10-25(30)26(31)27-19-23-8-3-4-9-24(23)22-13-11-21(12-14-22)20-29-16-7-15-28-29/h3-4,7-9,11-16,25H,2,5-6,10,17-20H2,1H3,(H,27,31).